The lowest BCUT2D eigenvalue weighted by Gasteiger charge is -2.20. The smallest absolute Gasteiger partial charge is 0.302 e. The van der Waals surface area contributed by atoms with Crippen molar-refractivity contribution in [1.82, 2.24) is 0 Å². The van der Waals surface area contributed by atoms with Gasteiger partial charge in [0.15, 0.2) is 10.00 Å². The SMILES string of the molecule is CC(=O)OCCCC(C)(Cl)N=NC(C)(Cl)CCCOC(C)=O. The molecule has 6 nitrogen and oxygen atoms in total. The zero-order valence-corrected chi connectivity index (χ0v) is 15.0. The molecule has 2 atom stereocenters. The Morgan fingerprint density at radius 3 is 1.45 bits per heavy atom. The fourth-order valence-electron chi connectivity index (χ4n) is 1.53. The number of azo groups is 1. The Hall–Kier alpha value is -0.880. The molecule has 22 heavy (non-hydrogen) atoms. The molecule has 0 radical (unpaired) electrons. The Morgan fingerprint density at radius 1 is 0.864 bits per heavy atom. The minimum atomic E-state index is -0.897. The van der Waals surface area contributed by atoms with E-state index in [2.05, 4.69) is 10.2 Å². The van der Waals surface area contributed by atoms with E-state index < -0.39 is 10.00 Å². The van der Waals surface area contributed by atoms with Crippen LogP contribution in [0, 0.1) is 0 Å². The summed E-state index contributed by atoms with van der Waals surface area (Å²) in [5.74, 6) is -0.641. The summed E-state index contributed by atoms with van der Waals surface area (Å²) in [5.41, 5.74) is 0. The van der Waals surface area contributed by atoms with Crippen molar-refractivity contribution >= 4 is 35.1 Å². The normalized spacial score (nSPS) is 16.8. The molecule has 0 aromatic heterocycles. The van der Waals surface area contributed by atoms with Crippen LogP contribution in [0.3, 0.4) is 0 Å². The second-order valence-corrected chi connectivity index (χ2v) is 7.00. The first kappa shape index (κ1) is 21.1. The van der Waals surface area contributed by atoms with Gasteiger partial charge in [0.1, 0.15) is 0 Å². The number of rotatable bonds is 10. The maximum Gasteiger partial charge on any atom is 0.302 e. The molecule has 0 spiro atoms. The molecule has 0 aromatic rings. The topological polar surface area (TPSA) is 77.3 Å². The molecule has 0 aliphatic heterocycles. The fourth-order valence-corrected chi connectivity index (χ4v) is 1.87. The molecular weight excluding hydrogens is 331 g/mol. The molecule has 0 heterocycles. The number of esters is 2. The molecule has 0 rings (SSSR count). The Balaban J connectivity index is 4.15. The van der Waals surface area contributed by atoms with Crippen LogP contribution >= 0.6 is 23.2 Å². The summed E-state index contributed by atoms with van der Waals surface area (Å²) in [7, 11) is 0. The summed E-state index contributed by atoms with van der Waals surface area (Å²) < 4.78 is 9.66. The van der Waals surface area contributed by atoms with E-state index in [1.807, 2.05) is 0 Å². The van der Waals surface area contributed by atoms with Crippen molar-refractivity contribution in [3.05, 3.63) is 0 Å². The second kappa shape index (κ2) is 10.0. The highest BCUT2D eigenvalue weighted by Crippen LogP contribution is 2.29. The van der Waals surface area contributed by atoms with Crippen molar-refractivity contribution in [1.29, 1.82) is 0 Å². The zero-order valence-electron chi connectivity index (χ0n) is 13.5. The predicted octanol–water partition coefficient (Wildman–Crippen LogP) is 4.04. The second-order valence-electron chi connectivity index (χ2n) is 5.37. The summed E-state index contributed by atoms with van der Waals surface area (Å²) in [5, 5.41) is 8.14. The number of alkyl halides is 2. The first-order valence-corrected chi connectivity index (χ1v) is 7.88. The minimum absolute atomic E-state index is 0.299. The summed E-state index contributed by atoms with van der Waals surface area (Å²) in [4.78, 5) is 19.5. The van der Waals surface area contributed by atoms with Gasteiger partial charge in [-0.05, 0) is 39.5 Å². The van der Waals surface area contributed by atoms with Gasteiger partial charge in [0.2, 0.25) is 0 Å². The van der Waals surface area contributed by atoms with Crippen LogP contribution in [0.4, 0.5) is 0 Å². The number of carbonyl (C=O) groups excluding carboxylic acids is 2. The molecule has 0 bridgehead atoms. The van der Waals surface area contributed by atoms with E-state index in [9.17, 15) is 9.59 Å². The van der Waals surface area contributed by atoms with Crippen molar-refractivity contribution in [2.45, 2.75) is 63.4 Å². The third-order valence-electron chi connectivity index (χ3n) is 2.63. The van der Waals surface area contributed by atoms with Crippen LogP contribution < -0.4 is 0 Å². The molecule has 0 amide bonds. The lowest BCUT2D eigenvalue weighted by molar-refractivity contribution is -0.142. The first-order chi connectivity index (χ1) is 10.0. The summed E-state index contributed by atoms with van der Waals surface area (Å²) in [6.07, 6.45) is 2.19. The van der Waals surface area contributed by atoms with Crippen molar-refractivity contribution in [3.63, 3.8) is 0 Å². The molecule has 8 heteroatoms. The van der Waals surface area contributed by atoms with Crippen LogP contribution in [-0.4, -0.2) is 35.1 Å². The van der Waals surface area contributed by atoms with E-state index in [0.717, 1.165) is 0 Å². The molecule has 0 fully saturated rings. The Morgan fingerprint density at radius 2 is 1.18 bits per heavy atom. The van der Waals surface area contributed by atoms with Crippen LogP contribution in [-0.2, 0) is 19.1 Å². The molecule has 0 aliphatic rings. The first-order valence-electron chi connectivity index (χ1n) is 7.13. The molecule has 2 unspecified atom stereocenters. The van der Waals surface area contributed by atoms with Crippen molar-refractivity contribution in [2.24, 2.45) is 10.2 Å². The number of nitrogens with zero attached hydrogens (tertiary/aromatic N) is 2. The molecule has 0 aromatic carbocycles. The predicted molar refractivity (Wildman–Crippen MR) is 85.1 cm³/mol. The molecule has 0 saturated heterocycles. The average molecular weight is 355 g/mol. The van der Waals surface area contributed by atoms with Gasteiger partial charge in [-0.1, -0.05) is 23.2 Å². The molecule has 0 N–H and O–H groups in total. The minimum Gasteiger partial charge on any atom is -0.466 e. The third kappa shape index (κ3) is 12.8. The third-order valence-corrected chi connectivity index (χ3v) is 3.16. The highest BCUT2D eigenvalue weighted by atomic mass is 35.5. The van der Waals surface area contributed by atoms with Gasteiger partial charge in [-0.15, -0.1) is 0 Å². The lowest BCUT2D eigenvalue weighted by Crippen LogP contribution is -2.18. The van der Waals surface area contributed by atoms with E-state index in [1.54, 1.807) is 13.8 Å². The van der Waals surface area contributed by atoms with Crippen molar-refractivity contribution < 1.29 is 19.1 Å². The van der Waals surface area contributed by atoms with Gasteiger partial charge in [0.25, 0.3) is 0 Å². The number of halogens is 2. The highest BCUT2D eigenvalue weighted by molar-refractivity contribution is 6.24. The molecule has 0 aliphatic carbocycles. The average Bonchev–Trinajstić information content (AvgIpc) is 2.38. The van der Waals surface area contributed by atoms with Crippen LogP contribution in [0.15, 0.2) is 10.2 Å². The van der Waals surface area contributed by atoms with E-state index in [-0.39, 0.29) is 11.9 Å². The van der Waals surface area contributed by atoms with E-state index in [4.69, 9.17) is 32.7 Å². The van der Waals surface area contributed by atoms with Gasteiger partial charge in [-0.25, -0.2) is 0 Å². The van der Waals surface area contributed by atoms with Gasteiger partial charge in [-0.2, -0.15) is 10.2 Å². The van der Waals surface area contributed by atoms with Gasteiger partial charge >= 0.3 is 11.9 Å². The summed E-state index contributed by atoms with van der Waals surface area (Å²) in [6.45, 7) is 6.75. The van der Waals surface area contributed by atoms with Crippen molar-refractivity contribution in [2.75, 3.05) is 13.2 Å². The summed E-state index contributed by atoms with van der Waals surface area (Å²) >= 11 is 12.5. The maximum absolute atomic E-state index is 10.6. The number of hydrogen-bond acceptors (Lipinski definition) is 6. The maximum atomic E-state index is 10.6. The van der Waals surface area contributed by atoms with E-state index >= 15 is 0 Å². The number of hydrogen-bond donors (Lipinski definition) is 0. The van der Waals surface area contributed by atoms with E-state index in [1.165, 1.54) is 13.8 Å². The molecule has 128 valence electrons. The fraction of sp³-hybridized carbons (Fsp3) is 0.857. The quantitative estimate of drug-likeness (QED) is 0.195. The number of ether oxygens (including phenoxy) is 2. The van der Waals surface area contributed by atoms with Crippen LogP contribution in [0.5, 0.6) is 0 Å². The van der Waals surface area contributed by atoms with Gasteiger partial charge < -0.3 is 9.47 Å². The van der Waals surface area contributed by atoms with E-state index in [0.29, 0.717) is 38.9 Å². The Bertz CT molecular complexity index is 362. The van der Waals surface area contributed by atoms with Crippen LogP contribution in [0.1, 0.15) is 53.4 Å². The van der Waals surface area contributed by atoms with Gasteiger partial charge in [0, 0.05) is 13.8 Å². The van der Waals surface area contributed by atoms with Crippen LogP contribution in [0.25, 0.3) is 0 Å². The monoisotopic (exact) mass is 354 g/mol. The summed E-state index contributed by atoms with van der Waals surface area (Å²) in [6, 6.07) is 0. The lowest BCUT2D eigenvalue weighted by atomic mass is 10.2. The number of carbonyl (C=O) groups is 2. The van der Waals surface area contributed by atoms with Crippen molar-refractivity contribution in [3.8, 4) is 0 Å². The highest BCUT2D eigenvalue weighted by Gasteiger charge is 2.24. The molecular formula is C14H24Cl2N2O4. The Kier molecular flexibility index (Phi) is 9.60. The van der Waals surface area contributed by atoms with Crippen LogP contribution in [0.2, 0.25) is 0 Å². The standard InChI is InChI=1S/C14H24Cl2N2O4/c1-11(19)21-9-5-7-13(3,15)17-18-14(4,16)8-6-10-22-12(2)20/h5-10H2,1-4H3. The molecule has 0 saturated carbocycles. The zero-order chi connectivity index (χ0) is 17.2. The Labute approximate surface area is 141 Å². The van der Waals surface area contributed by atoms with Gasteiger partial charge in [-0.3, -0.25) is 9.59 Å². The van der Waals surface area contributed by atoms with Gasteiger partial charge in [0.05, 0.1) is 13.2 Å². The largest absolute Gasteiger partial charge is 0.466 e.